The van der Waals surface area contributed by atoms with Crippen LogP contribution in [-0.4, -0.2) is 12.0 Å². The summed E-state index contributed by atoms with van der Waals surface area (Å²) in [6.45, 7) is 1.50. The zero-order valence-electron chi connectivity index (χ0n) is 12.0. The van der Waals surface area contributed by atoms with Gasteiger partial charge in [-0.2, -0.15) is 13.2 Å². The predicted octanol–water partition coefficient (Wildman–Crippen LogP) is 4.76. The van der Waals surface area contributed by atoms with Gasteiger partial charge in [0.2, 0.25) is 0 Å². The number of carbonyl (C=O) groups is 1. The summed E-state index contributed by atoms with van der Waals surface area (Å²) in [5.41, 5.74) is -1.01. The first-order chi connectivity index (χ1) is 10.8. The second-order valence-electron chi connectivity index (χ2n) is 4.75. The van der Waals surface area contributed by atoms with Gasteiger partial charge < -0.3 is 10.1 Å². The van der Waals surface area contributed by atoms with Crippen LogP contribution < -0.4 is 10.1 Å². The van der Waals surface area contributed by atoms with Crippen molar-refractivity contribution in [3.8, 4) is 5.75 Å². The number of para-hydroxylation sites is 1. The molecule has 1 atom stereocenters. The lowest BCUT2D eigenvalue weighted by molar-refractivity contribution is -0.137. The largest absolute Gasteiger partial charge is 0.481 e. The van der Waals surface area contributed by atoms with Crippen molar-refractivity contribution in [3.05, 3.63) is 59.1 Å². The van der Waals surface area contributed by atoms with Gasteiger partial charge in [-0.15, -0.1) is 0 Å². The molecule has 0 aliphatic heterocycles. The summed E-state index contributed by atoms with van der Waals surface area (Å²) in [5, 5.41) is 1.95. The number of carbonyl (C=O) groups excluding carboxylic acids is 1. The molecule has 2 aromatic rings. The van der Waals surface area contributed by atoms with E-state index in [9.17, 15) is 18.0 Å². The Balaban J connectivity index is 2.08. The van der Waals surface area contributed by atoms with Gasteiger partial charge in [-0.05, 0) is 37.3 Å². The van der Waals surface area contributed by atoms with Gasteiger partial charge >= 0.3 is 6.18 Å². The average Bonchev–Trinajstić information content (AvgIpc) is 2.49. The van der Waals surface area contributed by atoms with E-state index in [1.807, 2.05) is 0 Å². The molecule has 0 spiro atoms. The minimum Gasteiger partial charge on any atom is -0.481 e. The van der Waals surface area contributed by atoms with Gasteiger partial charge in [0.25, 0.3) is 5.91 Å². The summed E-state index contributed by atoms with van der Waals surface area (Å²) in [7, 11) is 0. The molecule has 0 saturated carbocycles. The van der Waals surface area contributed by atoms with Crippen molar-refractivity contribution < 1.29 is 22.7 Å². The van der Waals surface area contributed by atoms with Crippen LogP contribution in [0.5, 0.6) is 5.75 Å². The maximum atomic E-state index is 12.8. The second-order valence-corrected chi connectivity index (χ2v) is 5.16. The van der Waals surface area contributed by atoms with Gasteiger partial charge in [-0.1, -0.05) is 29.8 Å². The van der Waals surface area contributed by atoms with Crippen LogP contribution in [0.4, 0.5) is 18.9 Å². The number of anilines is 1. The Bertz CT molecular complexity index is 689. The molecule has 0 aliphatic rings. The van der Waals surface area contributed by atoms with E-state index in [1.54, 1.807) is 30.3 Å². The maximum Gasteiger partial charge on any atom is 0.417 e. The van der Waals surface area contributed by atoms with E-state index in [4.69, 9.17) is 16.3 Å². The molecule has 0 saturated heterocycles. The van der Waals surface area contributed by atoms with Crippen LogP contribution in [0.3, 0.4) is 0 Å². The van der Waals surface area contributed by atoms with E-state index >= 15 is 0 Å². The van der Waals surface area contributed by atoms with Gasteiger partial charge in [0, 0.05) is 5.69 Å². The van der Waals surface area contributed by atoms with E-state index < -0.39 is 28.8 Å². The highest BCUT2D eigenvalue weighted by atomic mass is 35.5. The summed E-state index contributed by atoms with van der Waals surface area (Å²) in [6.07, 6.45) is -5.47. The third kappa shape index (κ3) is 4.63. The number of rotatable bonds is 4. The Morgan fingerprint density at radius 2 is 1.83 bits per heavy atom. The van der Waals surface area contributed by atoms with Gasteiger partial charge in [0.1, 0.15) is 5.75 Å². The lowest BCUT2D eigenvalue weighted by Gasteiger charge is -2.16. The van der Waals surface area contributed by atoms with Crippen molar-refractivity contribution in [2.45, 2.75) is 19.2 Å². The number of alkyl halides is 3. The standard InChI is InChI=1S/C16H13ClF3NO2/c1-10(23-12-5-3-2-4-6-12)15(22)21-11-7-8-14(17)13(9-11)16(18,19)20/h2-10H,1H3,(H,21,22). The number of ether oxygens (including phenoxy) is 1. The molecule has 2 aromatic carbocycles. The van der Waals surface area contributed by atoms with Gasteiger partial charge in [0.15, 0.2) is 6.10 Å². The number of amides is 1. The lowest BCUT2D eigenvalue weighted by atomic mass is 10.2. The van der Waals surface area contributed by atoms with Crippen LogP contribution in [0.15, 0.2) is 48.5 Å². The number of nitrogens with one attached hydrogen (secondary N) is 1. The van der Waals surface area contributed by atoms with Crippen LogP contribution in [0.25, 0.3) is 0 Å². The first kappa shape index (κ1) is 17.1. The zero-order valence-corrected chi connectivity index (χ0v) is 12.8. The average molecular weight is 344 g/mol. The van der Waals surface area contributed by atoms with Crippen LogP contribution in [0.1, 0.15) is 12.5 Å². The minimum absolute atomic E-state index is 0.00441. The molecule has 0 bridgehead atoms. The first-order valence-electron chi connectivity index (χ1n) is 6.66. The van der Waals surface area contributed by atoms with Crippen LogP contribution in [-0.2, 0) is 11.0 Å². The van der Waals surface area contributed by atoms with Gasteiger partial charge in [0.05, 0.1) is 10.6 Å². The Labute approximate surface area is 136 Å². The summed E-state index contributed by atoms with van der Waals surface area (Å²) in [6, 6.07) is 11.8. The quantitative estimate of drug-likeness (QED) is 0.868. The second kappa shape index (κ2) is 6.91. The Morgan fingerprint density at radius 1 is 1.17 bits per heavy atom. The van der Waals surface area contributed by atoms with Crippen molar-refractivity contribution in [1.82, 2.24) is 0 Å². The number of hydrogen-bond donors (Lipinski definition) is 1. The summed E-state index contributed by atoms with van der Waals surface area (Å²) in [4.78, 5) is 12.0. The van der Waals surface area contributed by atoms with Crippen LogP contribution in [0.2, 0.25) is 5.02 Å². The molecule has 23 heavy (non-hydrogen) atoms. The molecule has 122 valence electrons. The highest BCUT2D eigenvalue weighted by Crippen LogP contribution is 2.36. The van der Waals surface area contributed by atoms with E-state index in [0.29, 0.717) is 5.75 Å². The van der Waals surface area contributed by atoms with E-state index in [2.05, 4.69) is 5.32 Å². The number of hydrogen-bond acceptors (Lipinski definition) is 2. The van der Waals surface area contributed by atoms with Gasteiger partial charge in [-0.25, -0.2) is 0 Å². The molecule has 0 aliphatic carbocycles. The molecule has 0 aromatic heterocycles. The molecule has 1 N–H and O–H groups in total. The minimum atomic E-state index is -4.59. The molecule has 3 nitrogen and oxygen atoms in total. The maximum absolute atomic E-state index is 12.8. The highest BCUT2D eigenvalue weighted by molar-refractivity contribution is 6.31. The predicted molar refractivity (Wildman–Crippen MR) is 81.6 cm³/mol. The van der Waals surface area contributed by atoms with E-state index in [-0.39, 0.29) is 5.69 Å². The molecule has 0 radical (unpaired) electrons. The summed E-state index contributed by atoms with van der Waals surface area (Å²) >= 11 is 5.53. The zero-order chi connectivity index (χ0) is 17.0. The molecular weight excluding hydrogens is 331 g/mol. The van der Waals surface area contributed by atoms with Crippen LogP contribution in [0, 0.1) is 0 Å². The molecule has 1 amide bonds. The molecule has 1 unspecified atom stereocenters. The van der Waals surface area contributed by atoms with Gasteiger partial charge in [-0.3, -0.25) is 4.79 Å². The molecule has 7 heteroatoms. The topological polar surface area (TPSA) is 38.3 Å². The van der Waals surface area contributed by atoms with E-state index in [0.717, 1.165) is 12.1 Å². The lowest BCUT2D eigenvalue weighted by Crippen LogP contribution is -2.30. The Hall–Kier alpha value is -2.21. The Kier molecular flexibility index (Phi) is 5.15. The number of benzene rings is 2. The third-order valence-corrected chi connectivity index (χ3v) is 3.29. The molecule has 2 rings (SSSR count). The SMILES string of the molecule is CC(Oc1ccccc1)C(=O)Nc1ccc(Cl)c(C(F)(F)F)c1. The van der Waals surface area contributed by atoms with Crippen molar-refractivity contribution in [2.75, 3.05) is 5.32 Å². The monoisotopic (exact) mass is 343 g/mol. The molecular formula is C16H13ClF3NO2. The fourth-order valence-electron chi connectivity index (χ4n) is 1.82. The fourth-order valence-corrected chi connectivity index (χ4v) is 2.05. The normalized spacial score (nSPS) is 12.6. The Morgan fingerprint density at radius 3 is 2.43 bits per heavy atom. The van der Waals surface area contributed by atoms with Crippen LogP contribution >= 0.6 is 11.6 Å². The van der Waals surface area contributed by atoms with Crippen molar-refractivity contribution in [2.24, 2.45) is 0 Å². The van der Waals surface area contributed by atoms with Crippen molar-refractivity contribution in [3.63, 3.8) is 0 Å². The van der Waals surface area contributed by atoms with Crippen molar-refractivity contribution >= 4 is 23.2 Å². The molecule has 0 heterocycles. The smallest absolute Gasteiger partial charge is 0.417 e. The summed E-state index contributed by atoms with van der Waals surface area (Å²) in [5.74, 6) is -0.0773. The highest BCUT2D eigenvalue weighted by Gasteiger charge is 2.33. The fraction of sp³-hybridized carbons (Fsp3) is 0.188. The van der Waals surface area contributed by atoms with Crippen molar-refractivity contribution in [1.29, 1.82) is 0 Å². The third-order valence-electron chi connectivity index (χ3n) is 2.96. The first-order valence-corrected chi connectivity index (χ1v) is 7.04. The summed E-state index contributed by atoms with van der Waals surface area (Å²) < 4.78 is 43.8. The molecule has 0 fully saturated rings. The number of halogens is 4. The van der Waals surface area contributed by atoms with E-state index in [1.165, 1.54) is 13.0 Å².